The van der Waals surface area contributed by atoms with Crippen LogP contribution in [0.4, 0.5) is 11.4 Å². The highest BCUT2D eigenvalue weighted by Gasteiger charge is 2.51. The Morgan fingerprint density at radius 2 is 0.902 bits per heavy atom. The molecule has 2 heteroatoms. The Hall–Kier alpha value is -6.64. The number of nitrogens with one attached hydrogen (secondary N) is 1. The van der Waals surface area contributed by atoms with E-state index in [0.717, 1.165) is 34.0 Å². The summed E-state index contributed by atoms with van der Waals surface area (Å²) in [6.07, 6.45) is 0. The minimum Gasteiger partial charge on any atom is -0.457 e. The molecule has 1 atom stereocenters. The average molecular weight is 650 g/mol. The number of rotatable bonds is 3. The molecule has 0 fully saturated rings. The number of anilines is 2. The van der Waals surface area contributed by atoms with E-state index in [9.17, 15) is 0 Å². The zero-order valence-electron chi connectivity index (χ0n) is 27.7. The summed E-state index contributed by atoms with van der Waals surface area (Å²) in [5, 5.41) is 11.4. The smallest absolute Gasteiger partial charge is 0.132 e. The molecule has 238 valence electrons. The number of hydrogen-bond acceptors (Lipinski definition) is 2. The Morgan fingerprint density at radius 1 is 0.353 bits per heavy atom. The van der Waals surface area contributed by atoms with Crippen LogP contribution < -0.4 is 10.1 Å². The number of benzene rings is 9. The fourth-order valence-corrected chi connectivity index (χ4v) is 9.04. The first-order chi connectivity index (χ1) is 25.3. The van der Waals surface area contributed by atoms with Gasteiger partial charge in [0.25, 0.3) is 0 Å². The minimum atomic E-state index is -0.558. The summed E-state index contributed by atoms with van der Waals surface area (Å²) in [4.78, 5) is 0. The third-order valence-electron chi connectivity index (χ3n) is 11.1. The first kappa shape index (κ1) is 28.2. The summed E-state index contributed by atoms with van der Waals surface area (Å²) >= 11 is 0. The quantitative estimate of drug-likeness (QED) is 0.192. The lowest BCUT2D eigenvalue weighted by atomic mass is 9.66. The monoisotopic (exact) mass is 649 g/mol. The highest BCUT2D eigenvalue weighted by atomic mass is 16.5. The van der Waals surface area contributed by atoms with Crippen molar-refractivity contribution in [1.82, 2.24) is 0 Å². The molecule has 0 radical (unpaired) electrons. The molecule has 11 rings (SSSR count). The highest BCUT2D eigenvalue weighted by Crippen LogP contribution is 2.63. The van der Waals surface area contributed by atoms with Gasteiger partial charge in [-0.3, -0.25) is 0 Å². The molecule has 1 N–H and O–H groups in total. The second kappa shape index (κ2) is 10.7. The van der Waals surface area contributed by atoms with Gasteiger partial charge in [-0.05, 0) is 102 Å². The van der Waals surface area contributed by atoms with Crippen molar-refractivity contribution < 1.29 is 4.74 Å². The van der Waals surface area contributed by atoms with Gasteiger partial charge in [-0.1, -0.05) is 146 Å². The summed E-state index contributed by atoms with van der Waals surface area (Å²) in [6, 6.07) is 65.9. The van der Waals surface area contributed by atoms with Crippen LogP contribution in [0.3, 0.4) is 0 Å². The van der Waals surface area contributed by atoms with Gasteiger partial charge in [0.2, 0.25) is 0 Å². The van der Waals surface area contributed by atoms with Gasteiger partial charge >= 0.3 is 0 Å². The van der Waals surface area contributed by atoms with Crippen LogP contribution in [-0.2, 0) is 5.41 Å². The van der Waals surface area contributed by atoms with E-state index in [0.29, 0.717) is 0 Å². The topological polar surface area (TPSA) is 21.3 Å². The molecule has 1 spiro atoms. The zero-order chi connectivity index (χ0) is 33.5. The maximum Gasteiger partial charge on any atom is 0.132 e. The normalized spacial score (nSPS) is 15.3. The van der Waals surface area contributed by atoms with Crippen LogP contribution in [0.2, 0.25) is 0 Å². The molecule has 1 aliphatic heterocycles. The van der Waals surface area contributed by atoms with Crippen LogP contribution in [-0.4, -0.2) is 0 Å². The second-order valence-electron chi connectivity index (χ2n) is 13.7. The lowest BCUT2D eigenvalue weighted by Crippen LogP contribution is -2.32. The van der Waals surface area contributed by atoms with Crippen molar-refractivity contribution in [2.75, 3.05) is 5.32 Å². The Balaban J connectivity index is 1.13. The average Bonchev–Trinajstić information content (AvgIpc) is 3.49. The fraction of sp³-hybridized carbons (Fsp3) is 0.0204. The molecule has 2 nitrogen and oxygen atoms in total. The van der Waals surface area contributed by atoms with Gasteiger partial charge in [-0.25, -0.2) is 0 Å². The van der Waals surface area contributed by atoms with Crippen LogP contribution in [0.5, 0.6) is 11.5 Å². The van der Waals surface area contributed by atoms with Crippen molar-refractivity contribution in [3.05, 3.63) is 204 Å². The Kier molecular flexibility index (Phi) is 5.91. The van der Waals surface area contributed by atoms with Crippen LogP contribution in [0, 0.1) is 0 Å². The number of hydrogen-bond donors (Lipinski definition) is 1. The van der Waals surface area contributed by atoms with E-state index < -0.39 is 5.41 Å². The molecule has 0 saturated carbocycles. The van der Waals surface area contributed by atoms with Crippen molar-refractivity contribution in [1.29, 1.82) is 0 Å². The molecular weight excluding hydrogens is 619 g/mol. The molecule has 9 aromatic carbocycles. The maximum absolute atomic E-state index is 6.73. The number of fused-ring (bicyclic) bond motifs is 15. The van der Waals surface area contributed by atoms with Gasteiger partial charge in [-0.2, -0.15) is 0 Å². The fourth-order valence-electron chi connectivity index (χ4n) is 9.04. The Labute approximate surface area is 296 Å². The molecule has 0 saturated heterocycles. The van der Waals surface area contributed by atoms with Crippen molar-refractivity contribution in [3.63, 3.8) is 0 Å². The van der Waals surface area contributed by atoms with E-state index in [2.05, 4.69) is 187 Å². The summed E-state index contributed by atoms with van der Waals surface area (Å²) < 4.78 is 6.73. The molecule has 9 aromatic rings. The number of para-hydroxylation sites is 1. The van der Waals surface area contributed by atoms with Crippen molar-refractivity contribution in [2.24, 2.45) is 0 Å². The van der Waals surface area contributed by atoms with Crippen LogP contribution in [0.15, 0.2) is 182 Å². The molecular formula is C49H31NO. The Bertz CT molecular complexity index is 2840. The van der Waals surface area contributed by atoms with Crippen molar-refractivity contribution in [3.8, 4) is 33.8 Å². The van der Waals surface area contributed by atoms with Crippen LogP contribution in [0.1, 0.15) is 22.3 Å². The van der Waals surface area contributed by atoms with Gasteiger partial charge < -0.3 is 10.1 Å². The summed E-state index contributed by atoms with van der Waals surface area (Å²) in [6.45, 7) is 0. The summed E-state index contributed by atoms with van der Waals surface area (Å²) in [7, 11) is 0. The van der Waals surface area contributed by atoms with E-state index in [1.165, 1.54) is 65.7 Å². The van der Waals surface area contributed by atoms with Gasteiger partial charge in [-0.15, -0.1) is 0 Å². The van der Waals surface area contributed by atoms with E-state index >= 15 is 0 Å². The second-order valence-corrected chi connectivity index (χ2v) is 13.7. The number of ether oxygens (including phenoxy) is 1. The summed E-state index contributed by atoms with van der Waals surface area (Å²) in [5.41, 5.74) is 11.4. The van der Waals surface area contributed by atoms with E-state index in [1.54, 1.807) is 0 Å². The largest absolute Gasteiger partial charge is 0.457 e. The Morgan fingerprint density at radius 3 is 1.69 bits per heavy atom. The lowest BCUT2D eigenvalue weighted by molar-refractivity contribution is 0.436. The third kappa shape index (κ3) is 3.93. The first-order valence-corrected chi connectivity index (χ1v) is 17.6. The highest BCUT2D eigenvalue weighted by molar-refractivity contribution is 6.25. The molecule has 0 amide bonds. The summed E-state index contributed by atoms with van der Waals surface area (Å²) in [5.74, 6) is 1.77. The molecule has 51 heavy (non-hydrogen) atoms. The molecule has 2 aliphatic rings. The predicted octanol–water partition coefficient (Wildman–Crippen LogP) is 13.0. The van der Waals surface area contributed by atoms with E-state index in [1.807, 2.05) is 0 Å². The van der Waals surface area contributed by atoms with Crippen molar-refractivity contribution >= 4 is 43.7 Å². The lowest BCUT2D eigenvalue weighted by Gasteiger charge is -2.39. The van der Waals surface area contributed by atoms with E-state index in [4.69, 9.17) is 4.74 Å². The maximum atomic E-state index is 6.73. The van der Waals surface area contributed by atoms with Gasteiger partial charge in [0.1, 0.15) is 11.5 Å². The zero-order valence-corrected chi connectivity index (χ0v) is 27.7. The van der Waals surface area contributed by atoms with Gasteiger partial charge in [0.05, 0.1) is 5.41 Å². The molecule has 0 aromatic heterocycles. The van der Waals surface area contributed by atoms with Crippen LogP contribution in [0.25, 0.3) is 54.6 Å². The standard InChI is InChI=1S/C49H31NO/c1-2-13-31(14-3-1)34-20-12-23-44-48(34)40-19-8-9-21-42(40)49(44)43-22-10-11-24-46(43)51-47-28-26-33(30-45(47)49)50-32-25-27-39-37-17-5-4-15-35(37)36-16-6-7-18-38(36)41(39)29-32/h1-30,50H. The van der Waals surface area contributed by atoms with E-state index in [-0.39, 0.29) is 0 Å². The minimum absolute atomic E-state index is 0.558. The first-order valence-electron chi connectivity index (χ1n) is 17.6. The molecule has 0 bridgehead atoms. The SMILES string of the molecule is c1ccc(-c2cccc3c2-c2ccccc2C32c3ccccc3Oc3ccc(Nc4ccc5c6ccccc6c6ccccc6c5c4)cc32)cc1. The molecule has 1 heterocycles. The van der Waals surface area contributed by atoms with Crippen LogP contribution >= 0.6 is 0 Å². The van der Waals surface area contributed by atoms with Gasteiger partial charge in [0, 0.05) is 22.5 Å². The third-order valence-corrected chi connectivity index (χ3v) is 11.1. The van der Waals surface area contributed by atoms with Gasteiger partial charge in [0.15, 0.2) is 0 Å². The van der Waals surface area contributed by atoms with Crippen molar-refractivity contribution in [2.45, 2.75) is 5.41 Å². The predicted molar refractivity (Wildman–Crippen MR) is 211 cm³/mol. The molecule has 1 aliphatic carbocycles. The molecule has 1 unspecified atom stereocenters.